The van der Waals surface area contributed by atoms with Gasteiger partial charge in [0.1, 0.15) is 0 Å². The van der Waals surface area contributed by atoms with Gasteiger partial charge in [-0.25, -0.2) is 0 Å². The molecule has 0 bridgehead atoms. The number of carbonyl (C=O) groups excluding carboxylic acids is 2. The van der Waals surface area contributed by atoms with E-state index in [9.17, 15) is 9.59 Å². The molecule has 1 aromatic carbocycles. The second-order valence-corrected chi connectivity index (χ2v) is 6.50. The molecule has 1 rings (SSSR count). The summed E-state index contributed by atoms with van der Waals surface area (Å²) in [5, 5.41) is 3.42. The highest BCUT2D eigenvalue weighted by atomic mass is 35.5. The molecule has 0 radical (unpaired) electrons. The topological polar surface area (TPSA) is 49.4 Å². The first-order valence-electron chi connectivity index (χ1n) is 6.97. The van der Waals surface area contributed by atoms with Crippen molar-refractivity contribution in [2.24, 2.45) is 5.41 Å². The Bertz CT molecular complexity index is 509. The highest BCUT2D eigenvalue weighted by Gasteiger charge is 2.21. The fourth-order valence-corrected chi connectivity index (χ4v) is 1.90. The van der Waals surface area contributed by atoms with E-state index < -0.39 is 5.41 Å². The SMILES string of the molecule is CN(Cc1ccccc1Cl)C(=O)CCNC(=O)C(C)(C)C. The van der Waals surface area contributed by atoms with Crippen LogP contribution in [0.25, 0.3) is 0 Å². The molecule has 0 aliphatic rings. The van der Waals surface area contributed by atoms with Gasteiger partial charge in [0.05, 0.1) is 0 Å². The Labute approximate surface area is 131 Å². The van der Waals surface area contributed by atoms with Crippen LogP contribution in [0, 0.1) is 5.41 Å². The number of hydrogen-bond acceptors (Lipinski definition) is 2. The molecule has 5 heteroatoms. The molecule has 2 amide bonds. The maximum atomic E-state index is 12.0. The minimum Gasteiger partial charge on any atom is -0.355 e. The first-order valence-corrected chi connectivity index (χ1v) is 7.35. The normalized spacial score (nSPS) is 11.1. The number of nitrogens with zero attached hydrogens (tertiary/aromatic N) is 1. The molecule has 0 spiro atoms. The zero-order chi connectivity index (χ0) is 16.0. The van der Waals surface area contributed by atoms with Gasteiger partial charge >= 0.3 is 0 Å². The van der Waals surface area contributed by atoms with Crippen molar-refractivity contribution >= 4 is 23.4 Å². The van der Waals surface area contributed by atoms with Crippen LogP contribution in [0.4, 0.5) is 0 Å². The van der Waals surface area contributed by atoms with E-state index in [4.69, 9.17) is 11.6 Å². The molecule has 21 heavy (non-hydrogen) atoms. The molecule has 0 fully saturated rings. The van der Waals surface area contributed by atoms with Crippen LogP contribution in [0.1, 0.15) is 32.8 Å². The van der Waals surface area contributed by atoms with Crippen LogP contribution in [0.2, 0.25) is 5.02 Å². The van der Waals surface area contributed by atoms with Crippen molar-refractivity contribution < 1.29 is 9.59 Å². The third-order valence-electron chi connectivity index (χ3n) is 3.10. The Morgan fingerprint density at radius 3 is 2.43 bits per heavy atom. The first kappa shape index (κ1) is 17.5. The molecule has 0 aliphatic heterocycles. The molecule has 116 valence electrons. The molecule has 0 heterocycles. The van der Waals surface area contributed by atoms with Gasteiger partial charge in [0.2, 0.25) is 11.8 Å². The molecule has 0 atom stereocenters. The molecule has 0 aliphatic carbocycles. The number of carbonyl (C=O) groups is 2. The number of hydrogen-bond donors (Lipinski definition) is 1. The fraction of sp³-hybridized carbons (Fsp3) is 0.500. The Kier molecular flexibility index (Phi) is 6.21. The first-order chi connectivity index (χ1) is 9.71. The third-order valence-corrected chi connectivity index (χ3v) is 3.47. The molecular formula is C16H23ClN2O2. The zero-order valence-corrected chi connectivity index (χ0v) is 13.8. The van der Waals surface area contributed by atoms with Crippen LogP contribution in [0.5, 0.6) is 0 Å². The minimum absolute atomic E-state index is 0.0240. The second kappa shape index (κ2) is 7.46. The summed E-state index contributed by atoms with van der Waals surface area (Å²) in [6, 6.07) is 7.45. The Hall–Kier alpha value is -1.55. The van der Waals surface area contributed by atoms with E-state index >= 15 is 0 Å². The van der Waals surface area contributed by atoms with Gasteiger partial charge < -0.3 is 10.2 Å². The van der Waals surface area contributed by atoms with Crippen LogP contribution >= 0.6 is 11.6 Å². The van der Waals surface area contributed by atoms with Crippen LogP contribution in [0.15, 0.2) is 24.3 Å². The van der Waals surface area contributed by atoms with Crippen LogP contribution in [-0.2, 0) is 16.1 Å². The predicted octanol–water partition coefficient (Wildman–Crippen LogP) is 2.85. The summed E-state index contributed by atoms with van der Waals surface area (Å²) < 4.78 is 0. The summed E-state index contributed by atoms with van der Waals surface area (Å²) in [6.45, 7) is 6.34. The van der Waals surface area contributed by atoms with Crippen molar-refractivity contribution in [1.29, 1.82) is 0 Å². The van der Waals surface area contributed by atoms with Crippen molar-refractivity contribution in [2.45, 2.75) is 33.7 Å². The lowest BCUT2D eigenvalue weighted by molar-refractivity contribution is -0.131. The summed E-state index contributed by atoms with van der Waals surface area (Å²) in [6.07, 6.45) is 0.281. The molecular weight excluding hydrogens is 288 g/mol. The smallest absolute Gasteiger partial charge is 0.225 e. The van der Waals surface area contributed by atoms with Gasteiger partial charge in [0.15, 0.2) is 0 Å². The van der Waals surface area contributed by atoms with Gasteiger partial charge in [-0.15, -0.1) is 0 Å². The van der Waals surface area contributed by atoms with E-state index in [0.29, 0.717) is 18.1 Å². The number of halogens is 1. The van der Waals surface area contributed by atoms with Gasteiger partial charge in [0.25, 0.3) is 0 Å². The molecule has 0 saturated carbocycles. The van der Waals surface area contributed by atoms with Crippen molar-refractivity contribution in [2.75, 3.05) is 13.6 Å². The summed E-state index contributed by atoms with van der Waals surface area (Å²) in [5.74, 6) is -0.0758. The molecule has 0 aromatic heterocycles. The number of rotatable bonds is 5. The Morgan fingerprint density at radius 2 is 1.86 bits per heavy atom. The van der Waals surface area contributed by atoms with Crippen molar-refractivity contribution in [1.82, 2.24) is 10.2 Å². The van der Waals surface area contributed by atoms with Gasteiger partial charge in [-0.1, -0.05) is 50.6 Å². The standard InChI is InChI=1S/C16H23ClN2O2/c1-16(2,3)15(21)18-10-9-14(20)19(4)11-12-7-5-6-8-13(12)17/h5-8H,9-11H2,1-4H3,(H,18,21). The van der Waals surface area contributed by atoms with Gasteiger partial charge in [-0.2, -0.15) is 0 Å². The van der Waals surface area contributed by atoms with Gasteiger partial charge in [0, 0.05) is 37.0 Å². The van der Waals surface area contributed by atoms with Crippen LogP contribution in [0.3, 0.4) is 0 Å². The van der Waals surface area contributed by atoms with Gasteiger partial charge in [-0.3, -0.25) is 9.59 Å². The van der Waals surface area contributed by atoms with E-state index in [0.717, 1.165) is 5.56 Å². The summed E-state index contributed by atoms with van der Waals surface area (Å²) in [7, 11) is 1.73. The molecule has 4 nitrogen and oxygen atoms in total. The zero-order valence-electron chi connectivity index (χ0n) is 13.1. The monoisotopic (exact) mass is 310 g/mol. The summed E-state index contributed by atoms with van der Waals surface area (Å²) in [4.78, 5) is 25.3. The predicted molar refractivity (Wildman–Crippen MR) is 85.0 cm³/mol. The van der Waals surface area contributed by atoms with Crippen LogP contribution < -0.4 is 5.32 Å². The second-order valence-electron chi connectivity index (χ2n) is 6.10. The average Bonchev–Trinajstić information content (AvgIpc) is 2.39. The number of nitrogens with one attached hydrogen (secondary N) is 1. The molecule has 1 aromatic rings. The highest BCUT2D eigenvalue weighted by molar-refractivity contribution is 6.31. The average molecular weight is 311 g/mol. The summed E-state index contributed by atoms with van der Waals surface area (Å²) >= 11 is 6.07. The van der Waals surface area contributed by atoms with Crippen molar-refractivity contribution in [3.8, 4) is 0 Å². The third kappa shape index (κ3) is 5.76. The quantitative estimate of drug-likeness (QED) is 0.909. The molecule has 0 saturated heterocycles. The number of benzene rings is 1. The Balaban J connectivity index is 2.42. The van der Waals surface area contributed by atoms with Gasteiger partial charge in [-0.05, 0) is 11.6 Å². The molecule has 1 N–H and O–H groups in total. The lowest BCUT2D eigenvalue weighted by atomic mass is 9.96. The van der Waals surface area contributed by atoms with Crippen molar-refractivity contribution in [3.63, 3.8) is 0 Å². The van der Waals surface area contributed by atoms with E-state index in [-0.39, 0.29) is 18.2 Å². The van der Waals surface area contributed by atoms with E-state index in [2.05, 4.69) is 5.32 Å². The maximum Gasteiger partial charge on any atom is 0.225 e. The van der Waals surface area contributed by atoms with E-state index in [1.807, 2.05) is 39.0 Å². The lowest BCUT2D eigenvalue weighted by Crippen LogP contribution is -2.37. The maximum absolute atomic E-state index is 12.0. The summed E-state index contributed by atoms with van der Waals surface area (Å²) in [5.41, 5.74) is 0.473. The van der Waals surface area contributed by atoms with Crippen molar-refractivity contribution in [3.05, 3.63) is 34.9 Å². The fourth-order valence-electron chi connectivity index (χ4n) is 1.71. The number of amides is 2. The highest BCUT2D eigenvalue weighted by Crippen LogP contribution is 2.16. The molecule has 0 unspecified atom stereocenters. The minimum atomic E-state index is -0.438. The van der Waals surface area contributed by atoms with E-state index in [1.165, 1.54) is 0 Å². The largest absolute Gasteiger partial charge is 0.355 e. The Morgan fingerprint density at radius 1 is 1.24 bits per heavy atom. The van der Waals surface area contributed by atoms with E-state index in [1.54, 1.807) is 18.0 Å². The van der Waals surface area contributed by atoms with Crippen LogP contribution in [-0.4, -0.2) is 30.3 Å². The lowest BCUT2D eigenvalue weighted by Gasteiger charge is -2.20.